The van der Waals surface area contributed by atoms with Crippen LogP contribution in [0.4, 0.5) is 0 Å². The molecule has 8 heteroatoms. The number of rotatable bonds is 6. The average Bonchev–Trinajstić information content (AvgIpc) is 3.24. The maximum atomic E-state index is 6.46. The molecule has 2 heterocycles. The fourth-order valence-corrected chi connectivity index (χ4v) is 4.75. The van der Waals surface area contributed by atoms with Gasteiger partial charge in [-0.2, -0.15) is 0 Å². The molecule has 0 bridgehead atoms. The van der Waals surface area contributed by atoms with Gasteiger partial charge in [-0.1, -0.05) is 63.6 Å². The number of ether oxygens (including phenoxy) is 1. The number of fused-ring (bicyclic) bond motifs is 1. The second-order valence-electron chi connectivity index (χ2n) is 5.27. The SMILES string of the molecule is Clc1c(-c2nnc(SCCOc3cccc(Br)c3)o2)sc2ccccc12. The van der Waals surface area contributed by atoms with E-state index in [-0.39, 0.29) is 0 Å². The summed E-state index contributed by atoms with van der Waals surface area (Å²) in [6.07, 6.45) is 0. The molecule has 26 heavy (non-hydrogen) atoms. The van der Waals surface area contributed by atoms with Crippen LogP contribution in [0.2, 0.25) is 5.02 Å². The quantitative estimate of drug-likeness (QED) is 0.238. The Hall–Kier alpha value is -1.54. The van der Waals surface area contributed by atoms with Crippen molar-refractivity contribution in [3.05, 3.63) is 58.0 Å². The van der Waals surface area contributed by atoms with E-state index in [9.17, 15) is 0 Å². The van der Waals surface area contributed by atoms with E-state index in [1.54, 1.807) is 11.3 Å². The summed E-state index contributed by atoms with van der Waals surface area (Å²) in [6.45, 7) is 0.544. The Morgan fingerprint density at radius 1 is 1.15 bits per heavy atom. The maximum Gasteiger partial charge on any atom is 0.277 e. The van der Waals surface area contributed by atoms with Gasteiger partial charge in [0.05, 0.1) is 11.6 Å². The molecule has 0 N–H and O–H groups in total. The Bertz CT molecular complexity index is 1050. The fourth-order valence-electron chi connectivity index (χ4n) is 2.36. The number of benzene rings is 2. The average molecular weight is 468 g/mol. The number of hydrogen-bond acceptors (Lipinski definition) is 6. The monoisotopic (exact) mass is 466 g/mol. The van der Waals surface area contributed by atoms with Gasteiger partial charge in [0.2, 0.25) is 0 Å². The predicted molar refractivity (Wildman–Crippen MR) is 110 cm³/mol. The summed E-state index contributed by atoms with van der Waals surface area (Å²) in [7, 11) is 0. The van der Waals surface area contributed by atoms with E-state index in [1.807, 2.05) is 48.5 Å². The molecule has 0 radical (unpaired) electrons. The van der Waals surface area contributed by atoms with E-state index >= 15 is 0 Å². The molecule has 0 fully saturated rings. The van der Waals surface area contributed by atoms with Crippen molar-refractivity contribution in [3.8, 4) is 16.5 Å². The van der Waals surface area contributed by atoms with Crippen LogP contribution in [0.25, 0.3) is 20.9 Å². The van der Waals surface area contributed by atoms with Gasteiger partial charge in [0.15, 0.2) is 0 Å². The van der Waals surface area contributed by atoms with Gasteiger partial charge >= 0.3 is 0 Å². The molecule has 0 amide bonds. The first-order valence-electron chi connectivity index (χ1n) is 7.73. The Labute approximate surface area is 171 Å². The van der Waals surface area contributed by atoms with Crippen molar-refractivity contribution in [3.63, 3.8) is 0 Å². The molecular weight excluding hydrogens is 456 g/mol. The van der Waals surface area contributed by atoms with Gasteiger partial charge in [-0.05, 0) is 24.3 Å². The lowest BCUT2D eigenvalue weighted by atomic mass is 10.2. The first kappa shape index (κ1) is 17.9. The zero-order valence-corrected chi connectivity index (χ0v) is 17.3. The molecule has 0 aliphatic carbocycles. The van der Waals surface area contributed by atoms with Gasteiger partial charge in [-0.15, -0.1) is 21.5 Å². The van der Waals surface area contributed by atoms with Crippen molar-refractivity contribution in [1.82, 2.24) is 10.2 Å². The van der Waals surface area contributed by atoms with Gasteiger partial charge in [-0.25, -0.2) is 0 Å². The number of thioether (sulfide) groups is 1. The molecular formula is C18H12BrClN2O2S2. The van der Waals surface area contributed by atoms with Crippen LogP contribution in [-0.4, -0.2) is 22.6 Å². The summed E-state index contributed by atoms with van der Waals surface area (Å²) in [5.41, 5.74) is 0. The zero-order chi connectivity index (χ0) is 17.9. The zero-order valence-electron chi connectivity index (χ0n) is 13.3. The fraction of sp³-hybridized carbons (Fsp3) is 0.111. The molecule has 0 aliphatic heterocycles. The summed E-state index contributed by atoms with van der Waals surface area (Å²) in [5.74, 6) is 1.98. The summed E-state index contributed by atoms with van der Waals surface area (Å²) in [5, 5.41) is 10.4. The molecule has 0 saturated heterocycles. The van der Waals surface area contributed by atoms with Crippen LogP contribution in [0.15, 0.2) is 62.6 Å². The van der Waals surface area contributed by atoms with Crippen LogP contribution in [0, 0.1) is 0 Å². The minimum absolute atomic E-state index is 0.451. The minimum Gasteiger partial charge on any atom is -0.493 e. The highest BCUT2D eigenvalue weighted by molar-refractivity contribution is 9.10. The lowest BCUT2D eigenvalue weighted by Gasteiger charge is -2.04. The van der Waals surface area contributed by atoms with Crippen molar-refractivity contribution >= 4 is 60.7 Å². The lowest BCUT2D eigenvalue weighted by molar-refractivity contribution is 0.343. The minimum atomic E-state index is 0.451. The van der Waals surface area contributed by atoms with Crippen LogP contribution in [0.3, 0.4) is 0 Å². The molecule has 0 saturated carbocycles. The highest BCUT2D eigenvalue weighted by atomic mass is 79.9. The Balaban J connectivity index is 1.39. The third-order valence-corrected chi connectivity index (χ3v) is 6.45. The van der Waals surface area contributed by atoms with Crippen LogP contribution in [0.1, 0.15) is 0 Å². The molecule has 4 aromatic rings. The number of hydrogen-bond donors (Lipinski definition) is 0. The van der Waals surface area contributed by atoms with E-state index in [0.717, 1.165) is 25.2 Å². The smallest absolute Gasteiger partial charge is 0.277 e. The summed E-state index contributed by atoms with van der Waals surface area (Å²) < 4.78 is 13.5. The molecule has 2 aromatic carbocycles. The molecule has 4 rings (SSSR count). The van der Waals surface area contributed by atoms with E-state index in [2.05, 4.69) is 26.1 Å². The van der Waals surface area contributed by atoms with E-state index in [4.69, 9.17) is 20.8 Å². The first-order chi connectivity index (χ1) is 12.7. The molecule has 4 nitrogen and oxygen atoms in total. The number of halogens is 2. The first-order valence-corrected chi connectivity index (χ1v) is 10.7. The number of aromatic nitrogens is 2. The van der Waals surface area contributed by atoms with Crippen LogP contribution in [-0.2, 0) is 0 Å². The van der Waals surface area contributed by atoms with Crippen molar-refractivity contribution < 1.29 is 9.15 Å². The van der Waals surface area contributed by atoms with Crippen molar-refractivity contribution in [2.75, 3.05) is 12.4 Å². The second kappa shape index (κ2) is 8.00. The second-order valence-corrected chi connectivity index (χ2v) is 8.66. The molecule has 0 spiro atoms. The van der Waals surface area contributed by atoms with Gasteiger partial charge < -0.3 is 9.15 Å². The molecule has 2 aromatic heterocycles. The van der Waals surface area contributed by atoms with Crippen LogP contribution >= 0.6 is 50.6 Å². The topological polar surface area (TPSA) is 48.2 Å². The molecule has 0 unspecified atom stereocenters. The summed E-state index contributed by atoms with van der Waals surface area (Å²) >= 11 is 12.9. The van der Waals surface area contributed by atoms with Crippen LogP contribution in [0.5, 0.6) is 5.75 Å². The van der Waals surface area contributed by atoms with Gasteiger partial charge in [0.25, 0.3) is 11.1 Å². The van der Waals surface area contributed by atoms with Crippen LogP contribution < -0.4 is 4.74 Å². The lowest BCUT2D eigenvalue weighted by Crippen LogP contribution is -1.99. The van der Waals surface area contributed by atoms with E-state index < -0.39 is 0 Å². The number of nitrogens with zero attached hydrogens (tertiary/aromatic N) is 2. The largest absolute Gasteiger partial charge is 0.493 e. The van der Waals surface area contributed by atoms with Crippen molar-refractivity contribution in [2.45, 2.75) is 5.22 Å². The Kier molecular flexibility index (Phi) is 5.49. The third kappa shape index (κ3) is 3.91. The summed E-state index contributed by atoms with van der Waals surface area (Å²) in [6, 6.07) is 15.7. The molecule has 0 aliphatic rings. The highest BCUT2D eigenvalue weighted by Crippen LogP contribution is 2.41. The third-order valence-electron chi connectivity index (χ3n) is 3.51. The normalized spacial score (nSPS) is 11.2. The van der Waals surface area contributed by atoms with Gasteiger partial charge in [-0.3, -0.25) is 0 Å². The summed E-state index contributed by atoms with van der Waals surface area (Å²) in [4.78, 5) is 0.803. The van der Waals surface area contributed by atoms with Crippen molar-refractivity contribution in [1.29, 1.82) is 0 Å². The standard InChI is InChI=1S/C18H12BrClN2O2S2/c19-11-4-3-5-12(10-11)23-8-9-25-18-22-21-17(24-18)16-15(20)13-6-1-2-7-14(13)26-16/h1-7,10H,8-9H2. The Morgan fingerprint density at radius 3 is 2.88 bits per heavy atom. The van der Waals surface area contributed by atoms with Crippen molar-refractivity contribution in [2.24, 2.45) is 0 Å². The maximum absolute atomic E-state index is 6.46. The van der Waals surface area contributed by atoms with Gasteiger partial charge in [0.1, 0.15) is 10.6 Å². The molecule has 132 valence electrons. The van der Waals surface area contributed by atoms with E-state index in [0.29, 0.717) is 28.5 Å². The van der Waals surface area contributed by atoms with Gasteiger partial charge in [0, 0.05) is 20.3 Å². The molecule has 0 atom stereocenters. The van der Waals surface area contributed by atoms with E-state index in [1.165, 1.54) is 11.8 Å². The predicted octanol–water partition coefficient (Wildman–Crippen LogP) is 6.54. The number of thiophene rings is 1. The highest BCUT2D eigenvalue weighted by Gasteiger charge is 2.17. The Morgan fingerprint density at radius 2 is 2.04 bits per heavy atom.